The van der Waals surface area contributed by atoms with Crippen LogP contribution in [0.2, 0.25) is 0 Å². The smallest absolute Gasteiger partial charge is 0.315 e. The molecule has 2 rings (SSSR count). The summed E-state index contributed by atoms with van der Waals surface area (Å²) in [6.07, 6.45) is 1.68. The van der Waals surface area contributed by atoms with Gasteiger partial charge in [-0.3, -0.25) is 0 Å². The molecule has 6 heteroatoms. The minimum absolute atomic E-state index is 0.117. The molecule has 2 unspecified atom stereocenters. The average Bonchev–Trinajstić information content (AvgIpc) is 3.32. The van der Waals surface area contributed by atoms with Crippen molar-refractivity contribution >= 4 is 6.03 Å². The minimum Gasteiger partial charge on any atom is -0.389 e. The number of hydrogen-bond acceptors (Lipinski definition) is 3. The van der Waals surface area contributed by atoms with Gasteiger partial charge in [0.1, 0.15) is 5.82 Å². The summed E-state index contributed by atoms with van der Waals surface area (Å²) in [7, 11) is 0. The Morgan fingerprint density at radius 1 is 1.48 bits per heavy atom. The van der Waals surface area contributed by atoms with E-state index in [9.17, 15) is 14.3 Å². The third-order valence-electron chi connectivity index (χ3n) is 3.90. The molecule has 1 fully saturated rings. The molecule has 0 heterocycles. The molecule has 1 saturated carbocycles. The number of rotatable bonds is 8. The van der Waals surface area contributed by atoms with Crippen molar-refractivity contribution in [3.05, 3.63) is 35.1 Å². The van der Waals surface area contributed by atoms with Crippen LogP contribution in [-0.2, 0) is 4.74 Å². The van der Waals surface area contributed by atoms with Gasteiger partial charge >= 0.3 is 6.03 Å². The summed E-state index contributed by atoms with van der Waals surface area (Å²) in [5.74, 6) is 0.356. The third-order valence-corrected chi connectivity index (χ3v) is 3.90. The first-order valence-electron chi connectivity index (χ1n) is 8.02. The van der Waals surface area contributed by atoms with Gasteiger partial charge in [-0.1, -0.05) is 12.1 Å². The lowest BCUT2D eigenvalue weighted by atomic mass is 10.1. The second-order valence-corrected chi connectivity index (χ2v) is 6.22. The van der Waals surface area contributed by atoms with Gasteiger partial charge < -0.3 is 20.5 Å². The van der Waals surface area contributed by atoms with Crippen molar-refractivity contribution in [2.45, 2.75) is 38.8 Å². The van der Waals surface area contributed by atoms with Crippen molar-refractivity contribution < 1.29 is 19.0 Å². The van der Waals surface area contributed by atoms with Crippen LogP contribution in [0.3, 0.4) is 0 Å². The SMILES string of the molecule is Cc1ccc(C(C)NC(=O)NCC(O)COCC2CC2)cc1F. The fourth-order valence-electron chi connectivity index (χ4n) is 2.13. The van der Waals surface area contributed by atoms with E-state index in [1.165, 1.54) is 18.9 Å². The normalized spacial score (nSPS) is 16.7. The monoisotopic (exact) mass is 324 g/mol. The standard InChI is InChI=1S/C17H25FN2O3/c1-11-3-6-14(7-16(11)18)12(2)20-17(22)19-8-15(21)10-23-9-13-4-5-13/h3,6-7,12-13,15,21H,4-5,8-10H2,1-2H3,(H2,19,20,22). The highest BCUT2D eigenvalue weighted by atomic mass is 19.1. The van der Waals surface area contributed by atoms with Gasteiger partial charge in [-0.05, 0) is 49.8 Å². The number of benzene rings is 1. The number of nitrogens with one attached hydrogen (secondary N) is 2. The summed E-state index contributed by atoms with van der Waals surface area (Å²) >= 11 is 0. The highest BCUT2D eigenvalue weighted by Gasteiger charge is 2.21. The van der Waals surface area contributed by atoms with Crippen molar-refractivity contribution in [1.82, 2.24) is 10.6 Å². The Kier molecular flexibility index (Phi) is 6.36. The molecule has 5 nitrogen and oxygen atoms in total. The second-order valence-electron chi connectivity index (χ2n) is 6.22. The number of urea groups is 1. The van der Waals surface area contributed by atoms with Crippen LogP contribution in [-0.4, -0.2) is 37.0 Å². The van der Waals surface area contributed by atoms with E-state index in [1.807, 2.05) is 0 Å². The number of aryl methyl sites for hydroxylation is 1. The van der Waals surface area contributed by atoms with E-state index in [4.69, 9.17) is 4.74 Å². The zero-order valence-electron chi connectivity index (χ0n) is 13.6. The number of aliphatic hydroxyl groups excluding tert-OH is 1. The molecule has 0 aliphatic heterocycles. The van der Waals surface area contributed by atoms with Crippen LogP contribution in [0.5, 0.6) is 0 Å². The van der Waals surface area contributed by atoms with Gasteiger partial charge in [0.2, 0.25) is 0 Å². The summed E-state index contributed by atoms with van der Waals surface area (Å²) in [5.41, 5.74) is 1.26. The second kappa shape index (κ2) is 8.26. The van der Waals surface area contributed by atoms with Gasteiger partial charge in [0.05, 0.1) is 18.8 Å². The van der Waals surface area contributed by atoms with Crippen LogP contribution in [0.25, 0.3) is 0 Å². The van der Waals surface area contributed by atoms with E-state index < -0.39 is 12.1 Å². The zero-order chi connectivity index (χ0) is 16.8. The zero-order valence-corrected chi connectivity index (χ0v) is 13.6. The van der Waals surface area contributed by atoms with Crippen LogP contribution < -0.4 is 10.6 Å². The number of carbonyl (C=O) groups is 1. The van der Waals surface area contributed by atoms with Crippen LogP contribution in [0.15, 0.2) is 18.2 Å². The van der Waals surface area contributed by atoms with Gasteiger partial charge in [-0.2, -0.15) is 0 Å². The van der Waals surface area contributed by atoms with Crippen molar-refractivity contribution in [3.8, 4) is 0 Å². The van der Waals surface area contributed by atoms with Crippen molar-refractivity contribution in [3.63, 3.8) is 0 Å². The first-order valence-corrected chi connectivity index (χ1v) is 8.02. The van der Waals surface area contributed by atoms with E-state index in [0.29, 0.717) is 23.7 Å². The largest absolute Gasteiger partial charge is 0.389 e. The van der Waals surface area contributed by atoms with Gasteiger partial charge in [0.15, 0.2) is 0 Å². The first-order chi connectivity index (χ1) is 11.0. The van der Waals surface area contributed by atoms with Gasteiger partial charge in [-0.25, -0.2) is 9.18 Å². The first kappa shape index (κ1) is 17.7. The quantitative estimate of drug-likeness (QED) is 0.687. The molecule has 3 N–H and O–H groups in total. The van der Waals surface area contributed by atoms with Gasteiger partial charge in [0, 0.05) is 13.2 Å². The molecule has 128 valence electrons. The summed E-state index contributed by atoms with van der Waals surface area (Å²) < 4.78 is 18.9. The molecule has 0 bridgehead atoms. The predicted octanol–water partition coefficient (Wildman–Crippen LogP) is 2.28. The highest BCUT2D eigenvalue weighted by molar-refractivity contribution is 5.74. The van der Waals surface area contributed by atoms with E-state index in [1.54, 1.807) is 26.0 Å². The summed E-state index contributed by atoms with van der Waals surface area (Å²) in [4.78, 5) is 11.8. The Morgan fingerprint density at radius 3 is 2.87 bits per heavy atom. The summed E-state index contributed by atoms with van der Waals surface area (Å²) in [5, 5.41) is 15.0. The maximum Gasteiger partial charge on any atom is 0.315 e. The Bertz CT molecular complexity index is 535. The third kappa shape index (κ3) is 6.15. The number of ether oxygens (including phenoxy) is 1. The lowest BCUT2D eigenvalue weighted by Gasteiger charge is -2.17. The Hall–Kier alpha value is -1.66. The van der Waals surface area contributed by atoms with Crippen molar-refractivity contribution in [2.24, 2.45) is 5.92 Å². The Morgan fingerprint density at radius 2 is 2.22 bits per heavy atom. The molecular formula is C17H25FN2O3. The average molecular weight is 324 g/mol. The molecule has 1 aromatic carbocycles. The summed E-state index contributed by atoms with van der Waals surface area (Å²) in [6.45, 7) is 4.48. The Labute approximate surface area is 136 Å². The molecule has 0 aromatic heterocycles. The van der Waals surface area contributed by atoms with E-state index in [0.717, 1.165) is 0 Å². The maximum atomic E-state index is 13.5. The van der Waals surface area contributed by atoms with Crippen LogP contribution in [0.4, 0.5) is 9.18 Å². The van der Waals surface area contributed by atoms with Gasteiger partial charge in [0.25, 0.3) is 0 Å². The molecule has 2 amide bonds. The van der Waals surface area contributed by atoms with Crippen LogP contribution >= 0.6 is 0 Å². The molecule has 0 radical (unpaired) electrons. The topological polar surface area (TPSA) is 70.6 Å². The number of hydrogen-bond donors (Lipinski definition) is 3. The van der Waals surface area contributed by atoms with Crippen molar-refractivity contribution in [2.75, 3.05) is 19.8 Å². The van der Waals surface area contributed by atoms with Crippen LogP contribution in [0.1, 0.15) is 36.9 Å². The van der Waals surface area contributed by atoms with E-state index >= 15 is 0 Å². The van der Waals surface area contributed by atoms with Crippen LogP contribution in [0, 0.1) is 18.7 Å². The number of amides is 2. The lowest BCUT2D eigenvalue weighted by molar-refractivity contribution is 0.0337. The predicted molar refractivity (Wildman–Crippen MR) is 85.6 cm³/mol. The van der Waals surface area contributed by atoms with E-state index in [2.05, 4.69) is 10.6 Å². The molecular weight excluding hydrogens is 299 g/mol. The Balaban J connectivity index is 1.67. The number of aliphatic hydroxyl groups is 1. The summed E-state index contributed by atoms with van der Waals surface area (Å²) in [6, 6.07) is 4.15. The maximum absolute atomic E-state index is 13.5. The minimum atomic E-state index is -0.730. The molecule has 0 saturated heterocycles. The fourth-order valence-corrected chi connectivity index (χ4v) is 2.13. The van der Waals surface area contributed by atoms with E-state index in [-0.39, 0.29) is 25.0 Å². The molecule has 23 heavy (non-hydrogen) atoms. The van der Waals surface area contributed by atoms with Gasteiger partial charge in [-0.15, -0.1) is 0 Å². The number of halogens is 1. The lowest BCUT2D eigenvalue weighted by Crippen LogP contribution is -2.41. The fraction of sp³-hybridized carbons (Fsp3) is 0.588. The molecule has 0 spiro atoms. The molecule has 1 aliphatic carbocycles. The van der Waals surface area contributed by atoms with Crippen molar-refractivity contribution in [1.29, 1.82) is 0 Å². The molecule has 1 aliphatic rings. The molecule has 1 aromatic rings. The number of carbonyl (C=O) groups excluding carboxylic acids is 1. The highest BCUT2D eigenvalue weighted by Crippen LogP contribution is 2.28. The molecule has 2 atom stereocenters.